The molecule has 0 heteroatoms. The Hall–Kier alpha value is -6.76. The van der Waals surface area contributed by atoms with Gasteiger partial charge in [0.2, 0.25) is 0 Å². The second-order valence-electron chi connectivity index (χ2n) is 14.7. The molecule has 0 nitrogen and oxygen atoms in total. The third-order valence-electron chi connectivity index (χ3n) is 12.2. The van der Waals surface area contributed by atoms with Crippen molar-refractivity contribution in [2.45, 2.75) is 5.41 Å². The predicted molar refractivity (Wildman–Crippen MR) is 224 cm³/mol. The fourth-order valence-electron chi connectivity index (χ4n) is 10.1. The lowest BCUT2D eigenvalue weighted by atomic mass is 9.70. The van der Waals surface area contributed by atoms with Crippen molar-refractivity contribution in [2.24, 2.45) is 0 Å². The van der Waals surface area contributed by atoms with E-state index in [1.807, 2.05) is 0 Å². The summed E-state index contributed by atoms with van der Waals surface area (Å²) in [7, 11) is 0. The van der Waals surface area contributed by atoms with Crippen LogP contribution in [0, 0.1) is 0 Å². The highest BCUT2D eigenvalue weighted by Crippen LogP contribution is 2.64. The van der Waals surface area contributed by atoms with Crippen molar-refractivity contribution in [3.63, 3.8) is 0 Å². The van der Waals surface area contributed by atoms with Crippen molar-refractivity contribution in [2.75, 3.05) is 0 Å². The zero-order valence-electron chi connectivity index (χ0n) is 29.0. The van der Waals surface area contributed by atoms with E-state index in [0.717, 1.165) is 0 Å². The molecule has 244 valence electrons. The Balaban J connectivity index is 1.17. The first-order chi connectivity index (χ1) is 26.3. The maximum Gasteiger partial charge on any atom is 0.0725 e. The van der Waals surface area contributed by atoms with Gasteiger partial charge >= 0.3 is 0 Å². The lowest BCUT2D eigenvalue weighted by Gasteiger charge is -2.31. The van der Waals surface area contributed by atoms with Gasteiger partial charge in [0, 0.05) is 0 Å². The molecule has 2 aliphatic carbocycles. The average molecular weight is 669 g/mol. The molecule has 1 spiro atoms. The number of fused-ring (bicyclic) bond motifs is 17. The van der Waals surface area contributed by atoms with Gasteiger partial charge in [0.15, 0.2) is 0 Å². The van der Waals surface area contributed by atoms with Gasteiger partial charge in [-0.25, -0.2) is 0 Å². The molecule has 0 N–H and O–H groups in total. The second kappa shape index (κ2) is 10.6. The Morgan fingerprint density at radius 2 is 0.698 bits per heavy atom. The molecule has 53 heavy (non-hydrogen) atoms. The quantitative estimate of drug-likeness (QED) is 0.161. The molecule has 0 bridgehead atoms. The molecule has 0 aromatic heterocycles. The SMILES string of the molecule is c1cc(-c2ccc3c(c2)-c2cc4c5ccccc5c5ccccc5c4cc2C32c3ccccc3-c3ccccc32)cc(-c2cccc3ccccc23)c1. The maximum absolute atomic E-state index is 2.55. The average Bonchev–Trinajstić information content (AvgIpc) is 3.69. The Bertz CT molecular complexity index is 3130. The minimum absolute atomic E-state index is 0.415. The maximum atomic E-state index is 2.55. The molecule has 10 aromatic rings. The number of rotatable bonds is 2. The monoisotopic (exact) mass is 668 g/mol. The van der Waals surface area contributed by atoms with Gasteiger partial charge in [-0.05, 0) is 134 Å². The van der Waals surface area contributed by atoms with Gasteiger partial charge in [-0.2, -0.15) is 0 Å². The Kier molecular flexibility index (Phi) is 5.80. The first-order valence-corrected chi connectivity index (χ1v) is 18.6. The molecule has 0 heterocycles. The molecule has 0 fully saturated rings. The van der Waals surface area contributed by atoms with Crippen LogP contribution in [0.15, 0.2) is 194 Å². The normalized spacial score (nSPS) is 13.4. The molecule has 12 rings (SSSR count). The highest BCUT2D eigenvalue weighted by atomic mass is 14.5. The summed E-state index contributed by atoms with van der Waals surface area (Å²) in [6, 6.07) is 72.9. The van der Waals surface area contributed by atoms with Gasteiger partial charge in [0.05, 0.1) is 5.41 Å². The van der Waals surface area contributed by atoms with Crippen LogP contribution in [-0.2, 0) is 5.41 Å². The van der Waals surface area contributed by atoms with E-state index in [-0.39, 0.29) is 0 Å². The van der Waals surface area contributed by atoms with E-state index in [2.05, 4.69) is 194 Å². The van der Waals surface area contributed by atoms with E-state index in [1.54, 1.807) is 0 Å². The zero-order chi connectivity index (χ0) is 34.7. The van der Waals surface area contributed by atoms with Crippen LogP contribution in [0.5, 0.6) is 0 Å². The van der Waals surface area contributed by atoms with Crippen molar-refractivity contribution in [1.29, 1.82) is 0 Å². The number of hydrogen-bond acceptors (Lipinski definition) is 0. The smallest absolute Gasteiger partial charge is 0.0619 e. The minimum atomic E-state index is -0.415. The third kappa shape index (κ3) is 3.80. The van der Waals surface area contributed by atoms with Gasteiger partial charge in [0.1, 0.15) is 0 Å². The molecule has 0 saturated carbocycles. The molecular weight excluding hydrogens is 637 g/mol. The summed E-state index contributed by atoms with van der Waals surface area (Å²) in [5.74, 6) is 0. The summed E-state index contributed by atoms with van der Waals surface area (Å²) in [4.78, 5) is 0. The highest BCUT2D eigenvalue weighted by Gasteiger charge is 2.51. The van der Waals surface area contributed by atoms with Crippen LogP contribution in [0.3, 0.4) is 0 Å². The van der Waals surface area contributed by atoms with E-state index in [1.165, 1.54) is 110 Å². The van der Waals surface area contributed by atoms with Crippen LogP contribution in [0.25, 0.3) is 87.6 Å². The van der Waals surface area contributed by atoms with Crippen LogP contribution < -0.4 is 0 Å². The van der Waals surface area contributed by atoms with E-state index < -0.39 is 5.41 Å². The fourth-order valence-corrected chi connectivity index (χ4v) is 10.1. The van der Waals surface area contributed by atoms with Gasteiger partial charge in [-0.3, -0.25) is 0 Å². The van der Waals surface area contributed by atoms with Crippen LogP contribution in [0.2, 0.25) is 0 Å². The molecule has 0 atom stereocenters. The van der Waals surface area contributed by atoms with Crippen molar-refractivity contribution in [3.05, 3.63) is 216 Å². The van der Waals surface area contributed by atoms with Crippen molar-refractivity contribution < 1.29 is 0 Å². The summed E-state index contributed by atoms with van der Waals surface area (Å²) >= 11 is 0. The van der Waals surface area contributed by atoms with E-state index in [4.69, 9.17) is 0 Å². The van der Waals surface area contributed by atoms with Crippen molar-refractivity contribution in [1.82, 2.24) is 0 Å². The number of benzene rings is 10. The van der Waals surface area contributed by atoms with Crippen LogP contribution >= 0.6 is 0 Å². The molecule has 0 unspecified atom stereocenters. The van der Waals surface area contributed by atoms with Crippen molar-refractivity contribution in [3.8, 4) is 44.5 Å². The Morgan fingerprint density at radius 1 is 0.226 bits per heavy atom. The molecular formula is C53H32. The van der Waals surface area contributed by atoms with Gasteiger partial charge in [-0.1, -0.05) is 170 Å². The molecule has 2 aliphatic rings. The zero-order valence-corrected chi connectivity index (χ0v) is 29.0. The number of hydrogen-bond donors (Lipinski definition) is 0. The minimum Gasteiger partial charge on any atom is -0.0619 e. The lowest BCUT2D eigenvalue weighted by Crippen LogP contribution is -2.25. The van der Waals surface area contributed by atoms with E-state index in [9.17, 15) is 0 Å². The lowest BCUT2D eigenvalue weighted by molar-refractivity contribution is 0.795. The largest absolute Gasteiger partial charge is 0.0725 e. The first kappa shape index (κ1) is 28.9. The summed E-state index contributed by atoms with van der Waals surface area (Å²) in [5.41, 5.74) is 15.3. The van der Waals surface area contributed by atoms with Crippen LogP contribution in [-0.4, -0.2) is 0 Å². The first-order valence-electron chi connectivity index (χ1n) is 18.6. The Morgan fingerprint density at radius 3 is 1.42 bits per heavy atom. The predicted octanol–water partition coefficient (Wildman–Crippen LogP) is 14.0. The van der Waals surface area contributed by atoms with Gasteiger partial charge in [-0.15, -0.1) is 0 Å². The molecule has 0 saturated heterocycles. The molecule has 0 aliphatic heterocycles. The second-order valence-corrected chi connectivity index (χ2v) is 14.7. The van der Waals surface area contributed by atoms with Crippen LogP contribution in [0.1, 0.15) is 22.3 Å². The Labute approximate surface area is 308 Å². The summed E-state index contributed by atoms with van der Waals surface area (Å²) in [6.07, 6.45) is 0. The van der Waals surface area contributed by atoms with Gasteiger partial charge in [0.25, 0.3) is 0 Å². The standard InChI is InChI=1S/C53H32/c1-2-17-37-33(13-1)14-12-24-38(37)36-16-11-15-34(29-36)35-27-28-51-47(30-35)48-31-45-41-20-5-3-18-39(41)40-19-4-6-21-42(40)46(45)32-52(48)53(51)49-25-9-7-22-43(49)44-23-8-10-26-50(44)53/h1-32H. The summed E-state index contributed by atoms with van der Waals surface area (Å²) < 4.78 is 0. The topological polar surface area (TPSA) is 0 Å². The molecule has 0 radical (unpaired) electrons. The molecule has 0 amide bonds. The van der Waals surface area contributed by atoms with Gasteiger partial charge < -0.3 is 0 Å². The van der Waals surface area contributed by atoms with Crippen LogP contribution in [0.4, 0.5) is 0 Å². The van der Waals surface area contributed by atoms with Crippen molar-refractivity contribution >= 4 is 43.1 Å². The van der Waals surface area contributed by atoms with E-state index in [0.29, 0.717) is 0 Å². The van der Waals surface area contributed by atoms with E-state index >= 15 is 0 Å². The fraction of sp³-hybridized carbons (Fsp3) is 0.0189. The third-order valence-corrected chi connectivity index (χ3v) is 12.2. The summed E-state index contributed by atoms with van der Waals surface area (Å²) in [6.45, 7) is 0. The highest BCUT2D eigenvalue weighted by molar-refractivity contribution is 6.26. The molecule has 10 aromatic carbocycles. The summed E-state index contributed by atoms with van der Waals surface area (Å²) in [5, 5.41) is 10.4.